The number of piperidine rings is 1. The monoisotopic (exact) mass is 338 g/mol. The minimum absolute atomic E-state index is 0.0178. The van der Waals surface area contributed by atoms with Gasteiger partial charge in [-0.15, -0.1) is 0 Å². The smallest absolute Gasteiger partial charge is 0.274 e. The van der Waals surface area contributed by atoms with E-state index in [0.717, 1.165) is 36.2 Å². The molecular weight excluding hydrogens is 316 g/mol. The number of carbonyl (C=O) groups excluding carboxylic acids is 2. The first-order chi connectivity index (χ1) is 12.1. The molecule has 2 aromatic rings. The molecule has 0 radical (unpaired) electrons. The zero-order valence-corrected chi connectivity index (χ0v) is 14.1. The minimum atomic E-state index is -0.263. The number of nitrogens with two attached hydrogens (primary N) is 1. The molecule has 1 aliphatic carbocycles. The Hall–Kier alpha value is -2.63. The van der Waals surface area contributed by atoms with Gasteiger partial charge in [-0.05, 0) is 44.2 Å². The summed E-state index contributed by atoms with van der Waals surface area (Å²) in [7, 11) is 0. The number of nitrogens with zero attached hydrogens (tertiary/aromatic N) is 3. The van der Waals surface area contributed by atoms with Gasteiger partial charge in [-0.2, -0.15) is 5.10 Å². The maximum atomic E-state index is 13.0. The van der Waals surface area contributed by atoms with Gasteiger partial charge in [0.25, 0.3) is 5.91 Å². The van der Waals surface area contributed by atoms with Crippen LogP contribution in [0.1, 0.15) is 41.0 Å². The lowest BCUT2D eigenvalue weighted by Gasteiger charge is -2.30. The highest BCUT2D eigenvalue weighted by Gasteiger charge is 2.32. The lowest BCUT2D eigenvalue weighted by molar-refractivity contribution is -0.123. The zero-order valence-electron chi connectivity index (χ0n) is 14.1. The molecule has 0 spiro atoms. The number of primary amides is 1. The molecule has 1 aromatic carbocycles. The van der Waals surface area contributed by atoms with E-state index in [1.807, 2.05) is 39.9 Å². The molecule has 2 N–H and O–H groups in total. The first-order valence-corrected chi connectivity index (χ1v) is 8.90. The van der Waals surface area contributed by atoms with Crippen LogP contribution in [0.15, 0.2) is 30.3 Å². The van der Waals surface area contributed by atoms with Crippen molar-refractivity contribution >= 4 is 11.8 Å². The molecule has 2 amide bonds. The number of amides is 2. The molecule has 1 saturated heterocycles. The third-order valence-corrected chi connectivity index (χ3v) is 5.32. The largest absolute Gasteiger partial charge is 0.369 e. The normalized spacial score (nSPS) is 17.5. The van der Waals surface area contributed by atoms with Crippen molar-refractivity contribution in [2.75, 3.05) is 13.1 Å². The summed E-state index contributed by atoms with van der Waals surface area (Å²) in [6.45, 7) is 1.14. The Kier molecular flexibility index (Phi) is 4.03. The predicted molar refractivity (Wildman–Crippen MR) is 93.4 cm³/mol. The molecule has 1 fully saturated rings. The molecule has 1 aromatic heterocycles. The number of hydrogen-bond acceptors (Lipinski definition) is 3. The van der Waals surface area contributed by atoms with Crippen molar-refractivity contribution in [2.45, 2.75) is 32.1 Å². The van der Waals surface area contributed by atoms with Crippen LogP contribution >= 0.6 is 0 Å². The zero-order chi connectivity index (χ0) is 17.4. The summed E-state index contributed by atoms with van der Waals surface area (Å²) in [6, 6.07) is 9.96. The molecule has 2 heterocycles. The first kappa shape index (κ1) is 15.9. The Morgan fingerprint density at radius 2 is 1.80 bits per heavy atom. The van der Waals surface area contributed by atoms with E-state index in [2.05, 4.69) is 5.10 Å². The van der Waals surface area contributed by atoms with Crippen LogP contribution in [0.5, 0.6) is 0 Å². The number of rotatable bonds is 3. The number of para-hydroxylation sites is 1. The molecule has 2 aliphatic rings. The summed E-state index contributed by atoms with van der Waals surface area (Å²) >= 11 is 0. The lowest BCUT2D eigenvalue weighted by atomic mass is 9.96. The Morgan fingerprint density at radius 3 is 2.48 bits per heavy atom. The van der Waals surface area contributed by atoms with Crippen molar-refractivity contribution in [3.63, 3.8) is 0 Å². The summed E-state index contributed by atoms with van der Waals surface area (Å²) in [6.07, 6.45) is 4.20. The molecule has 0 atom stereocenters. The first-order valence-electron chi connectivity index (χ1n) is 8.90. The van der Waals surface area contributed by atoms with E-state index in [1.165, 1.54) is 0 Å². The Bertz CT molecular complexity index is 804. The summed E-state index contributed by atoms with van der Waals surface area (Å²) in [4.78, 5) is 26.1. The third-order valence-electron chi connectivity index (χ3n) is 5.32. The van der Waals surface area contributed by atoms with Crippen LogP contribution in [0.2, 0.25) is 0 Å². The molecule has 6 heteroatoms. The fourth-order valence-corrected chi connectivity index (χ4v) is 3.91. The summed E-state index contributed by atoms with van der Waals surface area (Å²) in [5, 5.41) is 4.67. The quantitative estimate of drug-likeness (QED) is 0.925. The van der Waals surface area contributed by atoms with Gasteiger partial charge in [-0.1, -0.05) is 18.2 Å². The molecule has 0 saturated carbocycles. The molecule has 0 bridgehead atoms. The van der Waals surface area contributed by atoms with Gasteiger partial charge in [-0.3, -0.25) is 9.59 Å². The summed E-state index contributed by atoms with van der Waals surface area (Å²) in [5.74, 6) is -0.395. The molecular formula is C19H22N4O2. The van der Waals surface area contributed by atoms with Crippen LogP contribution < -0.4 is 5.73 Å². The van der Waals surface area contributed by atoms with E-state index in [-0.39, 0.29) is 17.7 Å². The number of likely N-dealkylation sites (tertiary alicyclic amines) is 1. The SMILES string of the molecule is NC(=O)C1CCN(C(=O)c2nn(-c3ccccc3)c3c2CCC3)CC1. The predicted octanol–water partition coefficient (Wildman–Crippen LogP) is 1.70. The van der Waals surface area contributed by atoms with E-state index in [1.54, 1.807) is 0 Å². The number of fused-ring (bicyclic) bond motifs is 1. The van der Waals surface area contributed by atoms with Crippen molar-refractivity contribution in [3.05, 3.63) is 47.3 Å². The van der Waals surface area contributed by atoms with E-state index in [4.69, 9.17) is 5.73 Å². The molecule has 1 aliphatic heterocycles. The second kappa shape index (κ2) is 6.35. The van der Waals surface area contributed by atoms with Crippen LogP contribution in [-0.2, 0) is 17.6 Å². The Labute approximate surface area is 146 Å². The standard InChI is InChI=1S/C19H22N4O2/c20-18(24)13-9-11-22(12-10-13)19(25)17-15-7-4-8-16(15)23(21-17)14-5-2-1-3-6-14/h1-3,5-6,13H,4,7-12H2,(H2,20,24). The minimum Gasteiger partial charge on any atom is -0.369 e. The topological polar surface area (TPSA) is 81.2 Å². The van der Waals surface area contributed by atoms with Gasteiger partial charge < -0.3 is 10.6 Å². The molecule has 4 rings (SSSR count). The molecule has 25 heavy (non-hydrogen) atoms. The van der Waals surface area contributed by atoms with Gasteiger partial charge >= 0.3 is 0 Å². The number of aromatic nitrogens is 2. The van der Waals surface area contributed by atoms with Crippen LogP contribution in [0, 0.1) is 5.92 Å². The molecule has 6 nitrogen and oxygen atoms in total. The van der Waals surface area contributed by atoms with Crippen molar-refractivity contribution in [3.8, 4) is 5.69 Å². The van der Waals surface area contributed by atoms with Gasteiger partial charge in [0.2, 0.25) is 5.91 Å². The Morgan fingerprint density at radius 1 is 1.08 bits per heavy atom. The molecule has 0 unspecified atom stereocenters. The van der Waals surface area contributed by atoms with E-state index >= 15 is 0 Å². The van der Waals surface area contributed by atoms with Gasteiger partial charge in [0.15, 0.2) is 5.69 Å². The highest BCUT2D eigenvalue weighted by Crippen LogP contribution is 2.29. The van der Waals surface area contributed by atoms with Crippen LogP contribution in [0.4, 0.5) is 0 Å². The van der Waals surface area contributed by atoms with E-state index < -0.39 is 0 Å². The van der Waals surface area contributed by atoms with Crippen molar-refractivity contribution < 1.29 is 9.59 Å². The summed E-state index contributed by atoms with van der Waals surface area (Å²) < 4.78 is 1.92. The van der Waals surface area contributed by atoms with Gasteiger partial charge in [0, 0.05) is 30.3 Å². The van der Waals surface area contributed by atoms with Crippen molar-refractivity contribution in [2.24, 2.45) is 11.7 Å². The van der Waals surface area contributed by atoms with Crippen LogP contribution in [0.25, 0.3) is 5.69 Å². The maximum Gasteiger partial charge on any atom is 0.274 e. The van der Waals surface area contributed by atoms with Crippen LogP contribution in [-0.4, -0.2) is 39.6 Å². The Balaban J connectivity index is 1.61. The average molecular weight is 338 g/mol. The average Bonchev–Trinajstić information content (AvgIpc) is 3.24. The van der Waals surface area contributed by atoms with Crippen molar-refractivity contribution in [1.29, 1.82) is 0 Å². The second-order valence-corrected chi connectivity index (χ2v) is 6.84. The number of hydrogen-bond donors (Lipinski definition) is 1. The fourth-order valence-electron chi connectivity index (χ4n) is 3.91. The highest BCUT2D eigenvalue weighted by atomic mass is 16.2. The van der Waals surface area contributed by atoms with E-state index in [0.29, 0.717) is 31.6 Å². The maximum absolute atomic E-state index is 13.0. The second-order valence-electron chi connectivity index (χ2n) is 6.84. The van der Waals surface area contributed by atoms with Crippen LogP contribution in [0.3, 0.4) is 0 Å². The number of benzene rings is 1. The lowest BCUT2D eigenvalue weighted by Crippen LogP contribution is -2.42. The highest BCUT2D eigenvalue weighted by molar-refractivity contribution is 5.94. The molecule has 130 valence electrons. The van der Waals surface area contributed by atoms with Gasteiger partial charge in [0.1, 0.15) is 0 Å². The van der Waals surface area contributed by atoms with E-state index in [9.17, 15) is 9.59 Å². The van der Waals surface area contributed by atoms with Gasteiger partial charge in [0.05, 0.1) is 5.69 Å². The number of carbonyl (C=O) groups is 2. The van der Waals surface area contributed by atoms with Gasteiger partial charge in [-0.25, -0.2) is 4.68 Å². The third kappa shape index (κ3) is 2.81. The fraction of sp³-hybridized carbons (Fsp3) is 0.421. The van der Waals surface area contributed by atoms with Crippen molar-refractivity contribution in [1.82, 2.24) is 14.7 Å². The summed E-state index contributed by atoms with van der Waals surface area (Å²) in [5.41, 5.74) is 9.20.